The van der Waals surface area contributed by atoms with Crippen LogP contribution in [0.1, 0.15) is 12.5 Å². The average molecular weight is 370 g/mol. The second-order valence-electron chi connectivity index (χ2n) is 5.34. The molecule has 2 aromatic rings. The van der Waals surface area contributed by atoms with E-state index >= 15 is 0 Å². The maximum absolute atomic E-state index is 12.2. The predicted molar refractivity (Wildman–Crippen MR) is 103 cm³/mol. The van der Waals surface area contributed by atoms with E-state index in [2.05, 4.69) is 10.3 Å². The van der Waals surface area contributed by atoms with Gasteiger partial charge in [0.05, 0.1) is 24.3 Å². The van der Waals surface area contributed by atoms with Crippen LogP contribution in [0.3, 0.4) is 0 Å². The van der Waals surface area contributed by atoms with Crippen LogP contribution in [-0.2, 0) is 4.79 Å². The van der Waals surface area contributed by atoms with E-state index in [9.17, 15) is 9.90 Å². The highest BCUT2D eigenvalue weighted by molar-refractivity contribution is 8.18. The molecule has 3 rings (SSSR count). The summed E-state index contributed by atoms with van der Waals surface area (Å²) in [5.74, 6) is 0.986. The fourth-order valence-electron chi connectivity index (χ4n) is 2.30. The van der Waals surface area contributed by atoms with Crippen molar-refractivity contribution in [1.29, 1.82) is 0 Å². The van der Waals surface area contributed by atoms with Crippen molar-refractivity contribution in [2.24, 2.45) is 4.99 Å². The maximum atomic E-state index is 12.2. The molecule has 0 saturated carbocycles. The normalized spacial score (nSPS) is 16.8. The van der Waals surface area contributed by atoms with Crippen LogP contribution in [0, 0.1) is 0 Å². The first kappa shape index (κ1) is 17.9. The number of aromatic hydroxyl groups is 1. The summed E-state index contributed by atoms with van der Waals surface area (Å²) in [4.78, 5) is 17.1. The van der Waals surface area contributed by atoms with Gasteiger partial charge in [0.1, 0.15) is 5.75 Å². The minimum Gasteiger partial charge on any atom is -0.504 e. The van der Waals surface area contributed by atoms with Gasteiger partial charge in [0.25, 0.3) is 5.91 Å². The third-order valence-electron chi connectivity index (χ3n) is 3.54. The van der Waals surface area contributed by atoms with Gasteiger partial charge in [0.15, 0.2) is 16.7 Å². The molecular weight excluding hydrogens is 352 g/mol. The number of hydrogen-bond donors (Lipinski definition) is 2. The van der Waals surface area contributed by atoms with Crippen LogP contribution < -0.4 is 14.8 Å². The molecule has 1 saturated heterocycles. The van der Waals surface area contributed by atoms with Gasteiger partial charge in [-0.25, -0.2) is 4.99 Å². The number of hydrogen-bond acceptors (Lipinski definition) is 6. The van der Waals surface area contributed by atoms with Crippen LogP contribution in [0.2, 0.25) is 0 Å². The number of nitrogens with zero attached hydrogens (tertiary/aromatic N) is 1. The second kappa shape index (κ2) is 7.97. The summed E-state index contributed by atoms with van der Waals surface area (Å²) in [6.45, 7) is 2.29. The van der Waals surface area contributed by atoms with Gasteiger partial charge in [0, 0.05) is 0 Å². The minimum absolute atomic E-state index is 0.0688. The second-order valence-corrected chi connectivity index (χ2v) is 6.37. The van der Waals surface area contributed by atoms with E-state index in [1.54, 1.807) is 31.4 Å². The van der Waals surface area contributed by atoms with Crippen LogP contribution in [0.15, 0.2) is 52.4 Å². The zero-order valence-corrected chi connectivity index (χ0v) is 15.2. The Hall–Kier alpha value is -2.93. The third kappa shape index (κ3) is 4.18. The van der Waals surface area contributed by atoms with Crippen molar-refractivity contribution in [1.82, 2.24) is 5.32 Å². The van der Waals surface area contributed by atoms with E-state index in [0.717, 1.165) is 17.0 Å². The Morgan fingerprint density at radius 3 is 2.69 bits per heavy atom. The highest BCUT2D eigenvalue weighted by Crippen LogP contribution is 2.31. The molecule has 0 radical (unpaired) electrons. The molecule has 2 aromatic carbocycles. The van der Waals surface area contributed by atoms with Gasteiger partial charge < -0.3 is 19.9 Å². The molecule has 0 spiro atoms. The number of carbonyl (C=O) groups is 1. The number of amides is 1. The lowest BCUT2D eigenvalue weighted by atomic mass is 10.2. The Kier molecular flexibility index (Phi) is 5.48. The van der Waals surface area contributed by atoms with Gasteiger partial charge in [-0.1, -0.05) is 6.07 Å². The SMILES string of the molecule is CCOc1cc(C=C2SC(=Nc3ccc(OC)cc3)NC2=O)ccc1O. The molecular formula is C19H18N2O4S. The molecule has 1 aliphatic heterocycles. The fraction of sp³-hybridized carbons (Fsp3) is 0.158. The first-order chi connectivity index (χ1) is 12.6. The number of benzene rings is 2. The van der Waals surface area contributed by atoms with Gasteiger partial charge in [-0.05, 0) is 66.7 Å². The number of amidine groups is 1. The van der Waals surface area contributed by atoms with Crippen molar-refractivity contribution < 1.29 is 19.4 Å². The maximum Gasteiger partial charge on any atom is 0.264 e. The topological polar surface area (TPSA) is 80.2 Å². The lowest BCUT2D eigenvalue weighted by Gasteiger charge is -2.06. The van der Waals surface area contributed by atoms with E-state index in [1.165, 1.54) is 11.8 Å². The quantitative estimate of drug-likeness (QED) is 0.785. The number of ether oxygens (including phenoxy) is 2. The molecule has 0 atom stereocenters. The van der Waals surface area contributed by atoms with Crippen LogP contribution in [0.4, 0.5) is 5.69 Å². The van der Waals surface area contributed by atoms with Gasteiger partial charge in [-0.15, -0.1) is 0 Å². The number of aliphatic imine (C=N–C) groups is 1. The first-order valence-electron chi connectivity index (χ1n) is 7.98. The molecule has 6 nitrogen and oxygen atoms in total. The molecule has 0 bridgehead atoms. The smallest absolute Gasteiger partial charge is 0.264 e. The van der Waals surface area contributed by atoms with Crippen molar-refractivity contribution in [3.05, 3.63) is 52.9 Å². The van der Waals surface area contributed by atoms with Crippen molar-refractivity contribution in [2.45, 2.75) is 6.92 Å². The molecule has 1 fully saturated rings. The van der Waals surface area contributed by atoms with E-state index in [1.807, 2.05) is 31.2 Å². The fourth-order valence-corrected chi connectivity index (χ4v) is 3.14. The van der Waals surface area contributed by atoms with Gasteiger partial charge >= 0.3 is 0 Å². The van der Waals surface area contributed by atoms with Crippen LogP contribution in [0.5, 0.6) is 17.2 Å². The molecule has 0 unspecified atom stereocenters. The average Bonchev–Trinajstić information content (AvgIpc) is 2.98. The van der Waals surface area contributed by atoms with E-state index in [-0.39, 0.29) is 11.7 Å². The Balaban J connectivity index is 1.79. The molecule has 1 heterocycles. The summed E-state index contributed by atoms with van der Waals surface area (Å²) in [5.41, 5.74) is 1.48. The van der Waals surface area contributed by atoms with Crippen molar-refractivity contribution in [2.75, 3.05) is 13.7 Å². The third-order valence-corrected chi connectivity index (χ3v) is 4.45. The number of rotatable bonds is 5. The molecule has 26 heavy (non-hydrogen) atoms. The number of phenolic OH excluding ortho intramolecular Hbond substituents is 1. The zero-order valence-electron chi connectivity index (χ0n) is 14.4. The van der Waals surface area contributed by atoms with Gasteiger partial charge in [0.2, 0.25) is 0 Å². The number of thioether (sulfide) groups is 1. The number of nitrogens with one attached hydrogen (secondary N) is 1. The van der Waals surface area contributed by atoms with Crippen molar-refractivity contribution in [3.63, 3.8) is 0 Å². The Morgan fingerprint density at radius 1 is 1.23 bits per heavy atom. The Bertz CT molecular complexity index is 876. The van der Waals surface area contributed by atoms with Crippen LogP contribution in [0.25, 0.3) is 6.08 Å². The van der Waals surface area contributed by atoms with Crippen molar-refractivity contribution in [3.8, 4) is 17.2 Å². The molecule has 0 aromatic heterocycles. The summed E-state index contributed by atoms with van der Waals surface area (Å²) in [5, 5.41) is 13.0. The highest BCUT2D eigenvalue weighted by atomic mass is 32.2. The van der Waals surface area contributed by atoms with E-state index in [0.29, 0.717) is 22.4 Å². The zero-order chi connectivity index (χ0) is 18.5. The summed E-state index contributed by atoms with van der Waals surface area (Å²) in [6, 6.07) is 12.2. The molecule has 0 aliphatic carbocycles. The lowest BCUT2D eigenvalue weighted by molar-refractivity contribution is -0.115. The Labute approximate surface area is 155 Å². The molecule has 7 heteroatoms. The summed E-state index contributed by atoms with van der Waals surface area (Å²) < 4.78 is 10.5. The van der Waals surface area contributed by atoms with E-state index in [4.69, 9.17) is 9.47 Å². The standard InChI is InChI=1S/C19H18N2O4S/c1-3-25-16-10-12(4-9-15(16)22)11-17-18(23)21-19(26-17)20-13-5-7-14(24-2)8-6-13/h4-11,22H,3H2,1-2H3,(H,20,21,23). The first-order valence-corrected chi connectivity index (χ1v) is 8.80. The van der Waals surface area contributed by atoms with Gasteiger partial charge in [-0.3, -0.25) is 4.79 Å². The van der Waals surface area contributed by atoms with Crippen LogP contribution >= 0.6 is 11.8 Å². The van der Waals surface area contributed by atoms with Crippen molar-refractivity contribution >= 4 is 34.6 Å². The number of carbonyl (C=O) groups excluding carboxylic acids is 1. The molecule has 1 amide bonds. The largest absolute Gasteiger partial charge is 0.504 e. The summed E-state index contributed by atoms with van der Waals surface area (Å²) in [6.07, 6.45) is 1.73. The Morgan fingerprint density at radius 2 is 2.00 bits per heavy atom. The number of phenols is 1. The predicted octanol–water partition coefficient (Wildman–Crippen LogP) is 3.69. The highest BCUT2D eigenvalue weighted by Gasteiger charge is 2.23. The van der Waals surface area contributed by atoms with Gasteiger partial charge in [-0.2, -0.15) is 0 Å². The molecule has 134 valence electrons. The molecule has 2 N–H and O–H groups in total. The number of methoxy groups -OCH3 is 1. The van der Waals surface area contributed by atoms with Crippen LogP contribution in [-0.4, -0.2) is 29.9 Å². The molecule has 1 aliphatic rings. The lowest BCUT2D eigenvalue weighted by Crippen LogP contribution is -2.19. The summed E-state index contributed by atoms with van der Waals surface area (Å²) in [7, 11) is 1.60. The summed E-state index contributed by atoms with van der Waals surface area (Å²) >= 11 is 1.26. The van der Waals surface area contributed by atoms with E-state index < -0.39 is 0 Å². The minimum atomic E-state index is -0.215. The monoisotopic (exact) mass is 370 g/mol.